The van der Waals surface area contributed by atoms with Crippen molar-refractivity contribution in [1.82, 2.24) is 24.5 Å². The lowest BCUT2D eigenvalue weighted by molar-refractivity contribution is -0.0517. The number of pyridine rings is 1. The van der Waals surface area contributed by atoms with Gasteiger partial charge in [-0.15, -0.1) is 0 Å². The zero-order valence-electron chi connectivity index (χ0n) is 13.2. The minimum absolute atomic E-state index is 0.131. The number of benzene rings is 1. The molecule has 0 radical (unpaired) electrons. The van der Waals surface area contributed by atoms with Crippen LogP contribution in [0.5, 0.6) is 5.75 Å². The molecule has 0 bridgehead atoms. The quantitative estimate of drug-likeness (QED) is 0.669. The van der Waals surface area contributed by atoms with Gasteiger partial charge in [-0.05, 0) is 18.2 Å². The van der Waals surface area contributed by atoms with E-state index in [1.807, 2.05) is 0 Å². The molecule has 0 atom stereocenters. The lowest BCUT2D eigenvalue weighted by Crippen LogP contribution is -2.25. The Morgan fingerprint density at radius 1 is 1.19 bits per heavy atom. The Morgan fingerprint density at radius 3 is 2.73 bits per heavy atom. The third-order valence-electron chi connectivity index (χ3n) is 3.31. The van der Waals surface area contributed by atoms with Crippen molar-refractivity contribution >= 4 is 10.0 Å². The first kappa shape index (κ1) is 17.9. The molecule has 3 rings (SSSR count). The third kappa shape index (κ3) is 4.00. The zero-order valence-corrected chi connectivity index (χ0v) is 14.0. The predicted octanol–water partition coefficient (Wildman–Crippen LogP) is 1.74. The Kier molecular flexibility index (Phi) is 5.19. The smallest absolute Gasteiger partial charge is 0.387 e. The first-order valence-electron chi connectivity index (χ1n) is 7.30. The third-order valence-corrected chi connectivity index (χ3v) is 4.75. The molecule has 0 aliphatic heterocycles. The summed E-state index contributed by atoms with van der Waals surface area (Å²) in [5.74, 6) is -0.0394. The van der Waals surface area contributed by atoms with Gasteiger partial charge in [0.05, 0.1) is 0 Å². The highest BCUT2D eigenvalue weighted by Gasteiger charge is 2.21. The molecule has 2 aromatic heterocycles. The molecule has 0 aliphatic rings. The minimum atomic E-state index is -4.10. The standard InChI is InChI=1S/C15H13F2N5O3S/c16-15(17)25-12-5-1-2-6-13(12)26(23,24)21-8-11-4-3-7-19-14(11)22-10-18-9-20-22/h1-7,9-10,15,21H,8H2. The van der Waals surface area contributed by atoms with E-state index in [0.29, 0.717) is 11.4 Å². The Bertz CT molecular complexity index is 980. The Hall–Kier alpha value is -2.92. The average molecular weight is 381 g/mol. The topological polar surface area (TPSA) is 99.0 Å². The number of ether oxygens (including phenoxy) is 1. The summed E-state index contributed by atoms with van der Waals surface area (Å²) in [4.78, 5) is 7.59. The van der Waals surface area contributed by atoms with Crippen molar-refractivity contribution in [2.75, 3.05) is 0 Å². The van der Waals surface area contributed by atoms with Crippen molar-refractivity contribution in [3.63, 3.8) is 0 Å². The first-order chi connectivity index (χ1) is 12.5. The van der Waals surface area contributed by atoms with Crippen LogP contribution in [0, 0.1) is 0 Å². The van der Waals surface area contributed by atoms with E-state index in [0.717, 1.165) is 6.07 Å². The molecule has 0 unspecified atom stereocenters. The number of nitrogens with one attached hydrogen (secondary N) is 1. The van der Waals surface area contributed by atoms with E-state index in [2.05, 4.69) is 24.5 Å². The lowest BCUT2D eigenvalue weighted by atomic mass is 10.2. The Morgan fingerprint density at radius 2 is 2.00 bits per heavy atom. The van der Waals surface area contributed by atoms with Crippen LogP contribution in [0.4, 0.5) is 8.78 Å². The van der Waals surface area contributed by atoms with Gasteiger partial charge in [0, 0.05) is 18.3 Å². The molecule has 0 aliphatic carbocycles. The number of sulfonamides is 1. The molecule has 8 nitrogen and oxygen atoms in total. The molecule has 0 fully saturated rings. The molecular formula is C15H13F2N5O3S. The fourth-order valence-electron chi connectivity index (χ4n) is 2.21. The van der Waals surface area contributed by atoms with Crippen LogP contribution in [0.3, 0.4) is 0 Å². The summed E-state index contributed by atoms with van der Waals surface area (Å²) in [6.07, 6.45) is 4.27. The molecule has 136 valence electrons. The molecule has 3 aromatic rings. The van der Waals surface area contributed by atoms with Gasteiger partial charge in [0.25, 0.3) is 0 Å². The van der Waals surface area contributed by atoms with Crippen molar-refractivity contribution in [3.05, 3.63) is 60.8 Å². The van der Waals surface area contributed by atoms with Crippen molar-refractivity contribution in [3.8, 4) is 11.6 Å². The van der Waals surface area contributed by atoms with Gasteiger partial charge >= 0.3 is 6.61 Å². The molecule has 0 spiro atoms. The molecule has 26 heavy (non-hydrogen) atoms. The average Bonchev–Trinajstić information content (AvgIpc) is 3.14. The maximum Gasteiger partial charge on any atom is 0.387 e. The minimum Gasteiger partial charge on any atom is -0.433 e. The van der Waals surface area contributed by atoms with E-state index in [9.17, 15) is 17.2 Å². The number of alkyl halides is 2. The highest BCUT2D eigenvalue weighted by atomic mass is 32.2. The number of hydrogen-bond acceptors (Lipinski definition) is 6. The summed E-state index contributed by atoms with van der Waals surface area (Å²) in [6.45, 7) is -3.27. The highest BCUT2D eigenvalue weighted by molar-refractivity contribution is 7.89. The fourth-order valence-corrected chi connectivity index (χ4v) is 3.35. The monoisotopic (exact) mass is 381 g/mol. The molecule has 2 heterocycles. The number of halogens is 2. The molecule has 1 aromatic carbocycles. The number of hydrogen-bond donors (Lipinski definition) is 1. The fraction of sp³-hybridized carbons (Fsp3) is 0.133. The Labute approximate surface area is 147 Å². The van der Waals surface area contributed by atoms with Crippen LogP contribution in [0.1, 0.15) is 5.56 Å². The SMILES string of the molecule is O=S(=O)(NCc1cccnc1-n1cncn1)c1ccccc1OC(F)F. The summed E-state index contributed by atoms with van der Waals surface area (Å²) in [5.41, 5.74) is 0.522. The second-order valence-electron chi connectivity index (χ2n) is 4.98. The maximum absolute atomic E-state index is 12.5. The van der Waals surface area contributed by atoms with Crippen LogP contribution in [-0.2, 0) is 16.6 Å². The second kappa shape index (κ2) is 7.54. The summed E-state index contributed by atoms with van der Waals surface area (Å²) in [6, 6.07) is 8.46. The van der Waals surface area contributed by atoms with Crippen molar-refractivity contribution < 1.29 is 21.9 Å². The van der Waals surface area contributed by atoms with Crippen LogP contribution < -0.4 is 9.46 Å². The first-order valence-corrected chi connectivity index (χ1v) is 8.78. The largest absolute Gasteiger partial charge is 0.433 e. The molecule has 11 heteroatoms. The maximum atomic E-state index is 12.5. The number of aromatic nitrogens is 4. The van der Waals surface area contributed by atoms with Gasteiger partial charge in [0.15, 0.2) is 5.82 Å². The van der Waals surface area contributed by atoms with E-state index in [1.54, 1.807) is 12.1 Å². The van der Waals surface area contributed by atoms with E-state index in [-0.39, 0.29) is 11.4 Å². The summed E-state index contributed by atoms with van der Waals surface area (Å²) in [5, 5.41) is 3.96. The van der Waals surface area contributed by atoms with Crippen LogP contribution in [0.25, 0.3) is 5.82 Å². The van der Waals surface area contributed by atoms with Gasteiger partial charge in [-0.2, -0.15) is 13.9 Å². The van der Waals surface area contributed by atoms with Crippen molar-refractivity contribution in [2.24, 2.45) is 0 Å². The van der Waals surface area contributed by atoms with Crippen LogP contribution in [-0.4, -0.2) is 34.8 Å². The number of nitrogens with zero attached hydrogens (tertiary/aromatic N) is 4. The summed E-state index contributed by atoms with van der Waals surface area (Å²) < 4.78 is 58.0. The van der Waals surface area contributed by atoms with Crippen LogP contribution >= 0.6 is 0 Å². The predicted molar refractivity (Wildman–Crippen MR) is 86.3 cm³/mol. The van der Waals surface area contributed by atoms with Gasteiger partial charge in [0.2, 0.25) is 10.0 Å². The molecular weight excluding hydrogens is 368 g/mol. The van der Waals surface area contributed by atoms with Crippen molar-refractivity contribution in [2.45, 2.75) is 18.1 Å². The normalized spacial score (nSPS) is 11.7. The second-order valence-corrected chi connectivity index (χ2v) is 6.71. The van der Waals surface area contributed by atoms with Gasteiger partial charge in [-0.25, -0.2) is 27.8 Å². The van der Waals surface area contributed by atoms with Gasteiger partial charge in [-0.1, -0.05) is 18.2 Å². The van der Waals surface area contributed by atoms with Crippen LogP contribution in [0.2, 0.25) is 0 Å². The van der Waals surface area contributed by atoms with Gasteiger partial charge < -0.3 is 4.74 Å². The van der Waals surface area contributed by atoms with Crippen LogP contribution in [0.15, 0.2) is 60.1 Å². The highest BCUT2D eigenvalue weighted by Crippen LogP contribution is 2.25. The van der Waals surface area contributed by atoms with E-state index < -0.39 is 22.4 Å². The molecule has 0 saturated carbocycles. The van der Waals surface area contributed by atoms with E-state index in [4.69, 9.17) is 0 Å². The summed E-state index contributed by atoms with van der Waals surface area (Å²) in [7, 11) is -4.10. The van der Waals surface area contributed by atoms with Crippen molar-refractivity contribution in [1.29, 1.82) is 0 Å². The molecule has 1 N–H and O–H groups in total. The zero-order chi connectivity index (χ0) is 18.6. The van der Waals surface area contributed by atoms with Gasteiger partial charge in [0.1, 0.15) is 23.3 Å². The number of rotatable bonds is 7. The lowest BCUT2D eigenvalue weighted by Gasteiger charge is -2.13. The van der Waals surface area contributed by atoms with E-state index >= 15 is 0 Å². The molecule has 0 saturated heterocycles. The van der Waals surface area contributed by atoms with E-state index in [1.165, 1.54) is 41.7 Å². The Balaban J connectivity index is 1.85. The number of para-hydroxylation sites is 1. The summed E-state index contributed by atoms with van der Waals surface area (Å²) >= 11 is 0. The molecule has 0 amide bonds. The van der Waals surface area contributed by atoms with Gasteiger partial charge in [-0.3, -0.25) is 0 Å².